The van der Waals surface area contributed by atoms with Crippen molar-refractivity contribution in [3.8, 4) is 11.4 Å². The van der Waals surface area contributed by atoms with E-state index < -0.39 is 11.9 Å². The number of pyridine rings is 1. The topological polar surface area (TPSA) is 106 Å². The van der Waals surface area contributed by atoms with Gasteiger partial charge >= 0.3 is 5.97 Å². The van der Waals surface area contributed by atoms with Crippen LogP contribution in [0.4, 0.5) is 0 Å². The Labute approximate surface area is 200 Å². The molecule has 0 aliphatic heterocycles. The molecule has 1 fully saturated rings. The lowest BCUT2D eigenvalue weighted by Crippen LogP contribution is -2.24. The number of fused-ring (bicyclic) bond motifs is 1. The predicted molar refractivity (Wildman–Crippen MR) is 127 cm³/mol. The lowest BCUT2D eigenvalue weighted by atomic mass is 9.79. The standard InChI is InChI=1S/C25H24N4O4S/c1-15-21(29-12-9-17(23(31)33-2)13-20(29)26-15)19-14-34-24(27-19)25(10-3-4-11-25)18-7-5-16(6-8-18)22(30)28-32/h5-9,12-14,32H,3-4,10-11H2,1-2H3,(H,28,30). The molecule has 8 nitrogen and oxygen atoms in total. The predicted octanol–water partition coefficient (Wildman–Crippen LogP) is 4.53. The van der Waals surface area contributed by atoms with E-state index >= 15 is 0 Å². The van der Waals surface area contributed by atoms with Crippen LogP contribution in [0.3, 0.4) is 0 Å². The fraction of sp³-hybridized carbons (Fsp3) is 0.280. The lowest BCUT2D eigenvalue weighted by Gasteiger charge is -2.27. The second kappa shape index (κ2) is 8.66. The molecule has 174 valence electrons. The number of hydrogen-bond acceptors (Lipinski definition) is 7. The molecule has 0 spiro atoms. The summed E-state index contributed by atoms with van der Waals surface area (Å²) < 4.78 is 6.77. The molecular weight excluding hydrogens is 452 g/mol. The molecule has 0 atom stereocenters. The van der Waals surface area contributed by atoms with Crippen molar-refractivity contribution in [1.29, 1.82) is 0 Å². The first-order valence-electron chi connectivity index (χ1n) is 11.1. The van der Waals surface area contributed by atoms with Crippen molar-refractivity contribution < 1.29 is 19.5 Å². The van der Waals surface area contributed by atoms with Crippen LogP contribution in [0.25, 0.3) is 17.0 Å². The number of imidazole rings is 1. The molecule has 3 heterocycles. The van der Waals surface area contributed by atoms with E-state index in [1.165, 1.54) is 7.11 Å². The molecule has 1 aromatic carbocycles. The minimum Gasteiger partial charge on any atom is -0.465 e. The number of carbonyl (C=O) groups is 2. The molecule has 1 aliphatic carbocycles. The number of amides is 1. The zero-order chi connectivity index (χ0) is 23.9. The zero-order valence-electron chi connectivity index (χ0n) is 18.9. The molecule has 0 radical (unpaired) electrons. The molecule has 1 aliphatic rings. The minimum absolute atomic E-state index is 0.205. The highest BCUT2D eigenvalue weighted by molar-refractivity contribution is 7.10. The first-order chi connectivity index (χ1) is 16.5. The average molecular weight is 477 g/mol. The van der Waals surface area contributed by atoms with Gasteiger partial charge in [-0.1, -0.05) is 25.0 Å². The number of methoxy groups -OCH3 is 1. The van der Waals surface area contributed by atoms with Gasteiger partial charge in [0, 0.05) is 22.6 Å². The van der Waals surface area contributed by atoms with E-state index in [1.54, 1.807) is 41.1 Å². The maximum atomic E-state index is 11.9. The van der Waals surface area contributed by atoms with Crippen molar-refractivity contribution in [2.45, 2.75) is 38.0 Å². The Bertz CT molecular complexity index is 1380. The summed E-state index contributed by atoms with van der Waals surface area (Å²) in [6, 6.07) is 10.8. The largest absolute Gasteiger partial charge is 0.465 e. The summed E-state index contributed by atoms with van der Waals surface area (Å²) in [7, 11) is 1.36. The second-order valence-corrected chi connectivity index (χ2v) is 9.38. The summed E-state index contributed by atoms with van der Waals surface area (Å²) in [4.78, 5) is 33.4. The van der Waals surface area contributed by atoms with Gasteiger partial charge < -0.3 is 4.74 Å². The van der Waals surface area contributed by atoms with Crippen LogP contribution < -0.4 is 5.48 Å². The minimum atomic E-state index is -0.526. The van der Waals surface area contributed by atoms with Crippen LogP contribution in [0.1, 0.15) is 62.7 Å². The number of thiazole rings is 1. The van der Waals surface area contributed by atoms with Crippen molar-refractivity contribution in [2.75, 3.05) is 7.11 Å². The van der Waals surface area contributed by atoms with E-state index in [-0.39, 0.29) is 5.41 Å². The Morgan fingerprint density at radius 3 is 2.53 bits per heavy atom. The van der Waals surface area contributed by atoms with Gasteiger partial charge in [0.05, 0.1) is 24.1 Å². The van der Waals surface area contributed by atoms with E-state index in [1.807, 2.05) is 29.7 Å². The van der Waals surface area contributed by atoms with Crippen LogP contribution in [0.15, 0.2) is 48.0 Å². The smallest absolute Gasteiger partial charge is 0.338 e. The third-order valence-corrected chi connectivity index (χ3v) is 7.68. The van der Waals surface area contributed by atoms with Gasteiger partial charge in [-0.25, -0.2) is 20.2 Å². The zero-order valence-corrected chi connectivity index (χ0v) is 19.7. The summed E-state index contributed by atoms with van der Waals surface area (Å²) in [5.41, 5.74) is 6.70. The molecule has 3 aromatic heterocycles. The van der Waals surface area contributed by atoms with E-state index in [2.05, 4.69) is 10.4 Å². The van der Waals surface area contributed by atoms with Crippen molar-refractivity contribution in [3.63, 3.8) is 0 Å². The first-order valence-corrected chi connectivity index (χ1v) is 11.9. The van der Waals surface area contributed by atoms with Crippen LogP contribution in [-0.4, -0.2) is 38.6 Å². The third-order valence-electron chi connectivity index (χ3n) is 6.64. The van der Waals surface area contributed by atoms with E-state index in [0.717, 1.165) is 53.3 Å². The van der Waals surface area contributed by atoms with E-state index in [9.17, 15) is 9.59 Å². The molecular formula is C25H24N4O4S. The Morgan fingerprint density at radius 2 is 1.85 bits per heavy atom. The van der Waals surface area contributed by atoms with E-state index in [4.69, 9.17) is 14.9 Å². The molecule has 2 N–H and O–H groups in total. The highest BCUT2D eigenvalue weighted by Gasteiger charge is 2.40. The van der Waals surface area contributed by atoms with Gasteiger partial charge in [-0.15, -0.1) is 11.3 Å². The molecule has 1 saturated carbocycles. The summed E-state index contributed by atoms with van der Waals surface area (Å²) in [5.74, 6) is -0.923. The molecule has 0 saturated heterocycles. The summed E-state index contributed by atoms with van der Waals surface area (Å²) in [5, 5.41) is 12.0. The maximum absolute atomic E-state index is 11.9. The summed E-state index contributed by atoms with van der Waals surface area (Å²) >= 11 is 1.64. The van der Waals surface area contributed by atoms with Gasteiger partial charge in [-0.3, -0.25) is 14.4 Å². The molecule has 1 amide bonds. The molecule has 4 aromatic rings. The number of esters is 1. The number of nitrogens with zero attached hydrogens (tertiary/aromatic N) is 3. The number of rotatable bonds is 5. The van der Waals surface area contributed by atoms with Gasteiger partial charge in [-0.05, 0) is 49.6 Å². The third kappa shape index (κ3) is 3.57. The fourth-order valence-corrected chi connectivity index (χ4v) is 6.01. The second-order valence-electron chi connectivity index (χ2n) is 8.53. The Kier molecular flexibility index (Phi) is 5.66. The van der Waals surface area contributed by atoms with Crippen LogP contribution in [-0.2, 0) is 10.2 Å². The van der Waals surface area contributed by atoms with Gasteiger partial charge in [0.25, 0.3) is 5.91 Å². The van der Waals surface area contributed by atoms with Gasteiger partial charge in [0.1, 0.15) is 16.3 Å². The van der Waals surface area contributed by atoms with Crippen molar-refractivity contribution in [3.05, 3.63) is 75.4 Å². The SMILES string of the molecule is COC(=O)c1ccn2c(-c3csc(C4(c5ccc(C(=O)NO)cc5)CCCC4)n3)c(C)nc2c1. The van der Waals surface area contributed by atoms with Gasteiger partial charge in [-0.2, -0.15) is 0 Å². The van der Waals surface area contributed by atoms with Crippen LogP contribution in [0.5, 0.6) is 0 Å². The Morgan fingerprint density at radius 1 is 1.12 bits per heavy atom. The Hall–Kier alpha value is -3.56. The van der Waals surface area contributed by atoms with Crippen LogP contribution >= 0.6 is 11.3 Å². The van der Waals surface area contributed by atoms with Gasteiger partial charge in [0.2, 0.25) is 0 Å². The van der Waals surface area contributed by atoms with Crippen molar-refractivity contribution >= 4 is 28.9 Å². The molecule has 0 bridgehead atoms. The number of carbonyl (C=O) groups excluding carboxylic acids is 2. The molecule has 0 unspecified atom stereocenters. The number of aromatic nitrogens is 3. The molecule has 5 rings (SSSR count). The van der Waals surface area contributed by atoms with Crippen molar-refractivity contribution in [1.82, 2.24) is 19.8 Å². The van der Waals surface area contributed by atoms with Crippen LogP contribution in [0, 0.1) is 6.92 Å². The number of benzene rings is 1. The molecule has 9 heteroatoms. The van der Waals surface area contributed by atoms with Gasteiger partial charge in [0.15, 0.2) is 0 Å². The van der Waals surface area contributed by atoms with Crippen molar-refractivity contribution in [2.24, 2.45) is 0 Å². The number of ether oxygens (including phenoxy) is 1. The lowest BCUT2D eigenvalue weighted by molar-refractivity contribution is 0.0600. The number of hydrogen-bond donors (Lipinski definition) is 2. The highest BCUT2D eigenvalue weighted by atomic mass is 32.1. The number of hydroxylamine groups is 1. The monoisotopic (exact) mass is 476 g/mol. The fourth-order valence-electron chi connectivity index (χ4n) is 4.93. The Balaban J connectivity index is 1.55. The average Bonchev–Trinajstić information content (AvgIpc) is 3.61. The summed E-state index contributed by atoms with van der Waals surface area (Å²) in [6.07, 6.45) is 6.02. The number of nitrogens with one attached hydrogen (secondary N) is 1. The highest BCUT2D eigenvalue weighted by Crippen LogP contribution is 2.48. The quantitative estimate of drug-likeness (QED) is 0.249. The normalized spacial score (nSPS) is 14.9. The maximum Gasteiger partial charge on any atom is 0.338 e. The number of aryl methyl sites for hydroxylation is 1. The first kappa shape index (κ1) is 22.2. The summed E-state index contributed by atoms with van der Waals surface area (Å²) in [6.45, 7) is 1.94. The van der Waals surface area contributed by atoms with Crippen LogP contribution in [0.2, 0.25) is 0 Å². The molecule has 34 heavy (non-hydrogen) atoms. The van der Waals surface area contributed by atoms with E-state index in [0.29, 0.717) is 16.8 Å².